The van der Waals surface area contributed by atoms with Crippen molar-refractivity contribution in [2.24, 2.45) is 0 Å². The third-order valence-corrected chi connectivity index (χ3v) is 3.99. The summed E-state index contributed by atoms with van der Waals surface area (Å²) in [5.41, 5.74) is -0.882. The van der Waals surface area contributed by atoms with Crippen molar-refractivity contribution in [1.29, 1.82) is 0 Å². The Morgan fingerprint density at radius 2 is 1.61 bits per heavy atom. The molecule has 102 valence electrons. The Morgan fingerprint density at radius 3 is 2.00 bits per heavy atom. The molecule has 10 heteroatoms. The summed E-state index contributed by atoms with van der Waals surface area (Å²) in [5, 5.41) is 0. The highest BCUT2D eigenvalue weighted by Gasteiger charge is 2.27. The lowest BCUT2D eigenvalue weighted by Crippen LogP contribution is -2.10. The summed E-state index contributed by atoms with van der Waals surface area (Å²) in [7, 11) is -3.74. The van der Waals surface area contributed by atoms with Crippen molar-refractivity contribution in [2.75, 3.05) is 6.26 Å². The van der Waals surface area contributed by atoms with E-state index in [1.54, 1.807) is 0 Å². The standard InChI is InChI=1S/C8H6ClF3O4S2/c1-17(13,14)8-5(10)2-4(3-18(9,15)16)6(11)7(8)12/h2H,3H2,1H3. The van der Waals surface area contributed by atoms with Gasteiger partial charge in [0.25, 0.3) is 0 Å². The van der Waals surface area contributed by atoms with E-state index in [4.69, 9.17) is 10.7 Å². The molecule has 0 aliphatic carbocycles. The van der Waals surface area contributed by atoms with Gasteiger partial charge in [0.1, 0.15) is 10.7 Å². The second kappa shape index (κ2) is 4.71. The SMILES string of the molecule is CS(=O)(=O)c1c(F)cc(CS(=O)(=O)Cl)c(F)c1F. The fraction of sp³-hybridized carbons (Fsp3) is 0.250. The molecular weight excluding hydrogens is 317 g/mol. The van der Waals surface area contributed by atoms with Crippen LogP contribution in [-0.4, -0.2) is 23.1 Å². The Kier molecular flexibility index (Phi) is 3.99. The molecule has 0 saturated heterocycles. The molecule has 0 radical (unpaired) electrons. The molecule has 0 bridgehead atoms. The van der Waals surface area contributed by atoms with Crippen molar-refractivity contribution in [3.05, 3.63) is 29.1 Å². The molecule has 1 rings (SSSR count). The minimum atomic E-state index is -4.32. The second-order valence-corrected chi connectivity index (χ2v) is 8.16. The van der Waals surface area contributed by atoms with Crippen LogP contribution in [0.25, 0.3) is 0 Å². The number of hydrogen-bond acceptors (Lipinski definition) is 4. The Labute approximate surface area is 106 Å². The van der Waals surface area contributed by atoms with E-state index in [0.717, 1.165) is 0 Å². The Balaban J connectivity index is 3.58. The first-order valence-corrected chi connectivity index (χ1v) is 8.59. The van der Waals surface area contributed by atoms with Gasteiger partial charge in [-0.2, -0.15) is 0 Å². The van der Waals surface area contributed by atoms with Crippen LogP contribution in [0.1, 0.15) is 5.56 Å². The number of sulfone groups is 1. The van der Waals surface area contributed by atoms with E-state index >= 15 is 0 Å². The van der Waals surface area contributed by atoms with Crippen molar-refractivity contribution in [2.45, 2.75) is 10.6 Å². The van der Waals surface area contributed by atoms with E-state index < -0.39 is 52.6 Å². The van der Waals surface area contributed by atoms with Crippen molar-refractivity contribution < 1.29 is 30.0 Å². The van der Waals surface area contributed by atoms with Crippen LogP contribution in [0.3, 0.4) is 0 Å². The molecule has 0 amide bonds. The molecule has 4 nitrogen and oxygen atoms in total. The third kappa shape index (κ3) is 3.36. The first kappa shape index (κ1) is 15.3. The summed E-state index contributed by atoms with van der Waals surface area (Å²) >= 11 is 0. The molecule has 1 aromatic carbocycles. The van der Waals surface area contributed by atoms with Crippen molar-refractivity contribution in [1.82, 2.24) is 0 Å². The van der Waals surface area contributed by atoms with Crippen LogP contribution in [0, 0.1) is 17.5 Å². The highest BCUT2D eigenvalue weighted by Crippen LogP contribution is 2.25. The maximum Gasteiger partial charge on any atom is 0.236 e. The molecule has 0 aliphatic heterocycles. The van der Waals surface area contributed by atoms with E-state index in [2.05, 4.69) is 0 Å². The maximum atomic E-state index is 13.4. The van der Waals surface area contributed by atoms with E-state index in [1.165, 1.54) is 0 Å². The minimum absolute atomic E-state index is 0.286. The van der Waals surface area contributed by atoms with Crippen LogP contribution in [0.4, 0.5) is 13.2 Å². The fourth-order valence-electron chi connectivity index (χ4n) is 1.26. The van der Waals surface area contributed by atoms with Crippen LogP contribution in [0.15, 0.2) is 11.0 Å². The molecular formula is C8H6ClF3O4S2. The smallest absolute Gasteiger partial charge is 0.224 e. The summed E-state index contributed by atoms with van der Waals surface area (Å²) in [5.74, 6) is -6.46. The predicted octanol–water partition coefficient (Wildman–Crippen LogP) is 1.58. The lowest BCUT2D eigenvalue weighted by molar-refractivity contribution is 0.453. The highest BCUT2D eigenvalue weighted by molar-refractivity contribution is 8.13. The maximum absolute atomic E-state index is 13.4. The summed E-state index contributed by atoms with van der Waals surface area (Å²) < 4.78 is 83.5. The normalized spacial score (nSPS) is 12.7. The van der Waals surface area contributed by atoms with Gasteiger partial charge in [-0.15, -0.1) is 0 Å². The van der Waals surface area contributed by atoms with Crippen molar-refractivity contribution >= 4 is 29.6 Å². The summed E-state index contributed by atoms with van der Waals surface area (Å²) in [6.07, 6.45) is 0.492. The van der Waals surface area contributed by atoms with Gasteiger partial charge in [0.05, 0.1) is 5.75 Å². The first-order valence-electron chi connectivity index (χ1n) is 4.22. The van der Waals surface area contributed by atoms with E-state index in [-0.39, 0.29) is 6.07 Å². The second-order valence-electron chi connectivity index (χ2n) is 3.43. The van der Waals surface area contributed by atoms with Crippen LogP contribution >= 0.6 is 10.7 Å². The molecule has 1 aromatic rings. The van der Waals surface area contributed by atoms with E-state index in [0.29, 0.717) is 6.26 Å². The molecule has 0 fully saturated rings. The number of rotatable bonds is 3. The molecule has 0 heterocycles. The van der Waals surface area contributed by atoms with Gasteiger partial charge >= 0.3 is 0 Å². The summed E-state index contributed by atoms with van der Waals surface area (Å²) in [6, 6.07) is 0.286. The molecule has 0 atom stereocenters. The molecule has 0 aromatic heterocycles. The Morgan fingerprint density at radius 1 is 1.11 bits per heavy atom. The average molecular weight is 323 g/mol. The lowest BCUT2D eigenvalue weighted by Gasteiger charge is -2.07. The average Bonchev–Trinajstić information content (AvgIpc) is 2.08. The minimum Gasteiger partial charge on any atom is -0.224 e. The van der Waals surface area contributed by atoms with Gasteiger partial charge in [0.2, 0.25) is 9.05 Å². The largest absolute Gasteiger partial charge is 0.236 e. The van der Waals surface area contributed by atoms with Gasteiger partial charge in [0.15, 0.2) is 21.5 Å². The monoisotopic (exact) mass is 322 g/mol. The van der Waals surface area contributed by atoms with Crippen molar-refractivity contribution in [3.63, 3.8) is 0 Å². The quantitative estimate of drug-likeness (QED) is 0.626. The van der Waals surface area contributed by atoms with Crippen LogP contribution in [0.2, 0.25) is 0 Å². The van der Waals surface area contributed by atoms with Gasteiger partial charge < -0.3 is 0 Å². The number of halogens is 4. The summed E-state index contributed by atoms with van der Waals surface area (Å²) in [4.78, 5) is -1.45. The predicted molar refractivity (Wildman–Crippen MR) is 57.9 cm³/mol. The zero-order chi connectivity index (χ0) is 14.3. The fourth-order valence-corrected chi connectivity index (χ4v) is 3.02. The molecule has 18 heavy (non-hydrogen) atoms. The molecule has 0 spiro atoms. The number of benzene rings is 1. The molecule has 0 N–H and O–H groups in total. The van der Waals surface area contributed by atoms with Crippen molar-refractivity contribution in [3.8, 4) is 0 Å². The summed E-state index contributed by atoms with van der Waals surface area (Å²) in [6.45, 7) is 0. The topological polar surface area (TPSA) is 68.3 Å². The van der Waals surface area contributed by atoms with Gasteiger partial charge in [0, 0.05) is 22.5 Å². The molecule has 0 aliphatic rings. The van der Waals surface area contributed by atoms with Gasteiger partial charge in [-0.3, -0.25) is 0 Å². The zero-order valence-corrected chi connectivity index (χ0v) is 11.1. The highest BCUT2D eigenvalue weighted by atomic mass is 35.7. The van der Waals surface area contributed by atoms with Gasteiger partial charge in [-0.05, 0) is 6.07 Å². The molecule has 0 unspecified atom stereocenters. The van der Waals surface area contributed by atoms with Crippen LogP contribution < -0.4 is 0 Å². The van der Waals surface area contributed by atoms with E-state index in [9.17, 15) is 30.0 Å². The lowest BCUT2D eigenvalue weighted by atomic mass is 10.2. The molecule has 0 saturated carbocycles. The third-order valence-electron chi connectivity index (χ3n) is 1.89. The number of hydrogen-bond donors (Lipinski definition) is 0. The Hall–Kier alpha value is -0.800. The Bertz CT molecular complexity index is 698. The van der Waals surface area contributed by atoms with Crippen LogP contribution in [-0.2, 0) is 24.6 Å². The van der Waals surface area contributed by atoms with Gasteiger partial charge in [-0.25, -0.2) is 30.0 Å². The zero-order valence-electron chi connectivity index (χ0n) is 8.75. The van der Waals surface area contributed by atoms with E-state index in [1.807, 2.05) is 0 Å². The van der Waals surface area contributed by atoms with Gasteiger partial charge in [-0.1, -0.05) is 0 Å². The first-order chi connectivity index (χ1) is 7.93. The van der Waals surface area contributed by atoms with Crippen LogP contribution in [0.5, 0.6) is 0 Å².